The Morgan fingerprint density at radius 2 is 1.82 bits per heavy atom. The summed E-state index contributed by atoms with van der Waals surface area (Å²) in [6.45, 7) is 0.340. The first-order valence-corrected chi connectivity index (χ1v) is 9.60. The summed E-state index contributed by atoms with van der Waals surface area (Å²) in [7, 11) is 0. The van der Waals surface area contributed by atoms with Crippen molar-refractivity contribution in [3.05, 3.63) is 70.7 Å². The van der Waals surface area contributed by atoms with Crippen molar-refractivity contribution < 1.29 is 14.4 Å². The van der Waals surface area contributed by atoms with Gasteiger partial charge in [0.25, 0.3) is 5.91 Å². The second kappa shape index (κ2) is 7.64. The van der Waals surface area contributed by atoms with Crippen LogP contribution >= 0.6 is 11.6 Å². The quantitative estimate of drug-likeness (QED) is 0.825. The Labute approximate surface area is 167 Å². The first kappa shape index (κ1) is 18.5. The van der Waals surface area contributed by atoms with Gasteiger partial charge >= 0.3 is 0 Å². The molecule has 0 aliphatic carbocycles. The number of benzene rings is 2. The predicted octanol–water partition coefficient (Wildman–Crippen LogP) is 1.78. The molecule has 7 heteroatoms. The molecule has 2 saturated heterocycles. The van der Waals surface area contributed by atoms with Crippen molar-refractivity contribution >= 4 is 29.3 Å². The van der Waals surface area contributed by atoms with Crippen molar-refractivity contribution in [2.24, 2.45) is 0 Å². The van der Waals surface area contributed by atoms with Crippen LogP contribution in [0.4, 0.5) is 0 Å². The van der Waals surface area contributed by atoms with Gasteiger partial charge in [0.2, 0.25) is 11.8 Å². The number of hydrogen-bond acceptors (Lipinski definition) is 3. The molecule has 3 atom stereocenters. The fraction of sp³-hybridized carbons (Fsp3) is 0.286. The van der Waals surface area contributed by atoms with Gasteiger partial charge in [-0.2, -0.15) is 0 Å². The number of rotatable bonds is 4. The van der Waals surface area contributed by atoms with E-state index in [2.05, 4.69) is 10.6 Å². The molecule has 0 bridgehead atoms. The number of nitrogens with one attached hydrogen (secondary N) is 2. The minimum atomic E-state index is -0.603. The van der Waals surface area contributed by atoms with Crippen LogP contribution < -0.4 is 10.6 Å². The minimum absolute atomic E-state index is 0.115. The summed E-state index contributed by atoms with van der Waals surface area (Å²) in [5.74, 6) is -0.484. The van der Waals surface area contributed by atoms with Crippen LogP contribution in [0.15, 0.2) is 54.6 Å². The maximum absolute atomic E-state index is 12.9. The van der Waals surface area contributed by atoms with Gasteiger partial charge in [0.05, 0.1) is 0 Å². The van der Waals surface area contributed by atoms with Crippen molar-refractivity contribution in [2.45, 2.75) is 31.0 Å². The van der Waals surface area contributed by atoms with Crippen LogP contribution in [0.5, 0.6) is 0 Å². The number of halogens is 1. The summed E-state index contributed by atoms with van der Waals surface area (Å²) >= 11 is 5.90. The molecule has 0 aromatic heterocycles. The van der Waals surface area contributed by atoms with E-state index in [0.717, 1.165) is 5.56 Å². The highest BCUT2D eigenvalue weighted by Gasteiger charge is 2.46. The third kappa shape index (κ3) is 3.73. The monoisotopic (exact) mass is 397 g/mol. The number of piperazine rings is 1. The highest BCUT2D eigenvalue weighted by atomic mass is 35.5. The average Bonchev–Trinajstić information content (AvgIpc) is 3.13. The molecule has 144 valence electrons. The maximum Gasteiger partial charge on any atom is 0.251 e. The average molecular weight is 398 g/mol. The van der Waals surface area contributed by atoms with Gasteiger partial charge in [-0.3, -0.25) is 14.4 Å². The standard InChI is InChI=1S/C21H20ClN3O3/c22-15-8-6-13(7-9-15)10-17-21(28)25-12-16(11-18(25)20(27)24-17)23-19(26)14-4-2-1-3-5-14/h1-9,16-18H,10-12H2,(H,23,26)(H,24,27)/t16-,17-,18-/m0/s1. The normalized spacial score (nSPS) is 23.9. The lowest BCUT2D eigenvalue weighted by Gasteiger charge is -2.34. The lowest BCUT2D eigenvalue weighted by molar-refractivity contribution is -0.147. The molecule has 0 saturated carbocycles. The van der Waals surface area contributed by atoms with Crippen LogP contribution in [-0.4, -0.2) is 47.3 Å². The molecule has 0 spiro atoms. The van der Waals surface area contributed by atoms with Gasteiger partial charge in [0, 0.05) is 29.6 Å². The highest BCUT2D eigenvalue weighted by molar-refractivity contribution is 6.30. The molecule has 3 amide bonds. The van der Waals surface area contributed by atoms with E-state index in [0.29, 0.717) is 30.0 Å². The lowest BCUT2D eigenvalue weighted by atomic mass is 10.0. The third-order valence-electron chi connectivity index (χ3n) is 5.23. The van der Waals surface area contributed by atoms with E-state index < -0.39 is 12.1 Å². The van der Waals surface area contributed by atoms with Gasteiger partial charge in [-0.25, -0.2) is 0 Å². The fourth-order valence-corrected chi connectivity index (χ4v) is 3.94. The van der Waals surface area contributed by atoms with Gasteiger partial charge in [-0.05, 0) is 36.2 Å². The summed E-state index contributed by atoms with van der Waals surface area (Å²) in [4.78, 5) is 39.4. The van der Waals surface area contributed by atoms with E-state index in [4.69, 9.17) is 11.6 Å². The maximum atomic E-state index is 12.9. The van der Waals surface area contributed by atoms with E-state index in [1.54, 1.807) is 41.3 Å². The molecule has 2 heterocycles. The SMILES string of the molecule is O=C(N[C@H]1C[C@H]2C(=O)N[C@@H](Cc3ccc(Cl)cc3)C(=O)N2C1)c1ccccc1. The van der Waals surface area contributed by atoms with Gasteiger partial charge in [0.15, 0.2) is 0 Å². The van der Waals surface area contributed by atoms with E-state index in [-0.39, 0.29) is 23.8 Å². The number of carbonyl (C=O) groups excluding carboxylic acids is 3. The minimum Gasteiger partial charge on any atom is -0.347 e. The molecule has 2 aliphatic heterocycles. The zero-order valence-electron chi connectivity index (χ0n) is 15.1. The number of carbonyl (C=O) groups is 3. The Balaban J connectivity index is 1.42. The number of nitrogens with zero attached hydrogens (tertiary/aromatic N) is 1. The second-order valence-electron chi connectivity index (χ2n) is 7.17. The fourth-order valence-electron chi connectivity index (χ4n) is 3.82. The van der Waals surface area contributed by atoms with Crippen molar-refractivity contribution in [3.63, 3.8) is 0 Å². The summed E-state index contributed by atoms with van der Waals surface area (Å²) in [5, 5.41) is 6.39. The molecule has 2 aliphatic rings. The zero-order valence-corrected chi connectivity index (χ0v) is 15.9. The lowest BCUT2D eigenvalue weighted by Crippen LogP contribution is -2.61. The highest BCUT2D eigenvalue weighted by Crippen LogP contribution is 2.24. The predicted molar refractivity (Wildman–Crippen MR) is 105 cm³/mol. The van der Waals surface area contributed by atoms with Crippen molar-refractivity contribution in [2.75, 3.05) is 6.54 Å². The third-order valence-corrected chi connectivity index (χ3v) is 5.48. The summed E-state index contributed by atoms with van der Waals surface area (Å²) < 4.78 is 0. The number of fused-ring (bicyclic) bond motifs is 1. The van der Waals surface area contributed by atoms with Gasteiger partial charge in [0.1, 0.15) is 12.1 Å². The Hall–Kier alpha value is -2.86. The largest absolute Gasteiger partial charge is 0.347 e. The summed E-state index contributed by atoms with van der Waals surface area (Å²) in [6, 6.07) is 14.7. The molecule has 2 aromatic rings. The van der Waals surface area contributed by atoms with E-state index in [9.17, 15) is 14.4 Å². The first-order chi connectivity index (χ1) is 13.5. The molecule has 28 heavy (non-hydrogen) atoms. The molecule has 6 nitrogen and oxygen atoms in total. The topological polar surface area (TPSA) is 78.5 Å². The molecule has 0 radical (unpaired) electrons. The molecular weight excluding hydrogens is 378 g/mol. The molecule has 2 N–H and O–H groups in total. The van der Waals surface area contributed by atoms with Crippen LogP contribution in [0.25, 0.3) is 0 Å². The van der Waals surface area contributed by atoms with Gasteiger partial charge in [-0.1, -0.05) is 41.9 Å². The van der Waals surface area contributed by atoms with Crippen molar-refractivity contribution in [1.29, 1.82) is 0 Å². The Morgan fingerprint density at radius 1 is 1.11 bits per heavy atom. The summed E-state index contributed by atoms with van der Waals surface area (Å²) in [6.07, 6.45) is 0.829. The van der Waals surface area contributed by atoms with Gasteiger partial charge in [-0.15, -0.1) is 0 Å². The van der Waals surface area contributed by atoms with E-state index in [1.807, 2.05) is 18.2 Å². The summed E-state index contributed by atoms with van der Waals surface area (Å²) in [5.41, 5.74) is 1.48. The number of hydrogen-bond donors (Lipinski definition) is 2. The molecular formula is C21H20ClN3O3. The first-order valence-electron chi connectivity index (χ1n) is 9.22. The Morgan fingerprint density at radius 3 is 2.54 bits per heavy atom. The molecule has 2 fully saturated rings. The zero-order chi connectivity index (χ0) is 19.7. The Bertz CT molecular complexity index is 901. The van der Waals surface area contributed by atoms with Crippen LogP contribution in [-0.2, 0) is 16.0 Å². The molecule has 0 unspecified atom stereocenters. The van der Waals surface area contributed by atoms with E-state index >= 15 is 0 Å². The molecule has 4 rings (SSSR count). The smallest absolute Gasteiger partial charge is 0.251 e. The van der Waals surface area contributed by atoms with Crippen LogP contribution in [0.1, 0.15) is 22.3 Å². The van der Waals surface area contributed by atoms with Crippen LogP contribution in [0, 0.1) is 0 Å². The van der Waals surface area contributed by atoms with Crippen molar-refractivity contribution in [1.82, 2.24) is 15.5 Å². The van der Waals surface area contributed by atoms with Crippen LogP contribution in [0.3, 0.4) is 0 Å². The van der Waals surface area contributed by atoms with Gasteiger partial charge < -0.3 is 15.5 Å². The number of amides is 3. The Kier molecular flexibility index (Phi) is 5.05. The molecule has 2 aromatic carbocycles. The van der Waals surface area contributed by atoms with E-state index in [1.165, 1.54) is 0 Å². The second-order valence-corrected chi connectivity index (χ2v) is 7.61. The van der Waals surface area contributed by atoms with Crippen LogP contribution in [0.2, 0.25) is 5.02 Å². The van der Waals surface area contributed by atoms with Crippen molar-refractivity contribution in [3.8, 4) is 0 Å².